The minimum atomic E-state index is -4.65. The average Bonchev–Trinajstić information content (AvgIpc) is 2.60. The topological polar surface area (TPSA) is 54.5 Å². The van der Waals surface area contributed by atoms with Crippen LogP contribution in [0, 0.1) is 0 Å². The van der Waals surface area contributed by atoms with Crippen LogP contribution in [0.25, 0.3) is 0 Å². The molecule has 24 heavy (non-hydrogen) atoms. The van der Waals surface area contributed by atoms with Gasteiger partial charge in [0.25, 0.3) is 5.91 Å². The largest absolute Gasteiger partial charge is 0.341 e. The maximum absolute atomic E-state index is 12.7. The van der Waals surface area contributed by atoms with Crippen molar-refractivity contribution in [1.29, 1.82) is 0 Å². The molecule has 0 saturated carbocycles. The number of aryl methyl sites for hydroxylation is 1. The number of nitrogens with zero attached hydrogens (tertiary/aromatic N) is 1. The van der Waals surface area contributed by atoms with E-state index in [1.54, 1.807) is 4.90 Å². The van der Waals surface area contributed by atoms with Gasteiger partial charge in [0, 0.05) is 17.8 Å². The number of sulfone groups is 1. The van der Waals surface area contributed by atoms with Crippen LogP contribution in [0.5, 0.6) is 0 Å². The second kappa shape index (κ2) is 6.32. The predicted molar refractivity (Wildman–Crippen MR) is 86.1 cm³/mol. The van der Waals surface area contributed by atoms with Crippen molar-refractivity contribution in [1.82, 2.24) is 0 Å². The summed E-state index contributed by atoms with van der Waals surface area (Å²) in [4.78, 5) is 13.8. The maximum atomic E-state index is 12.7. The molecular formula is C17H15F2NO3S. The van der Waals surface area contributed by atoms with Crippen molar-refractivity contribution in [3.63, 3.8) is 0 Å². The van der Waals surface area contributed by atoms with Crippen LogP contribution in [-0.4, -0.2) is 26.6 Å². The summed E-state index contributed by atoms with van der Waals surface area (Å²) in [6, 6.07) is 12.2. The molecule has 0 aliphatic carbocycles. The zero-order valence-corrected chi connectivity index (χ0v) is 13.5. The molecule has 0 aromatic heterocycles. The van der Waals surface area contributed by atoms with Gasteiger partial charge in [0.05, 0.1) is 4.90 Å². The summed E-state index contributed by atoms with van der Waals surface area (Å²) >= 11 is 0. The first-order chi connectivity index (χ1) is 11.4. The Hall–Kier alpha value is -2.28. The van der Waals surface area contributed by atoms with Crippen LogP contribution < -0.4 is 4.90 Å². The monoisotopic (exact) mass is 351 g/mol. The van der Waals surface area contributed by atoms with Gasteiger partial charge in [-0.05, 0) is 48.7 Å². The van der Waals surface area contributed by atoms with E-state index in [9.17, 15) is 22.0 Å². The summed E-state index contributed by atoms with van der Waals surface area (Å²) in [5.41, 5.74) is 2.17. The highest BCUT2D eigenvalue weighted by atomic mass is 32.2. The Morgan fingerprint density at radius 1 is 1.04 bits per heavy atom. The van der Waals surface area contributed by atoms with E-state index in [4.69, 9.17) is 0 Å². The quantitative estimate of drug-likeness (QED) is 0.853. The molecule has 7 heteroatoms. The number of amides is 1. The summed E-state index contributed by atoms with van der Waals surface area (Å²) < 4.78 is 48.0. The Bertz CT molecular complexity index is 864. The van der Waals surface area contributed by atoms with Gasteiger partial charge in [-0.3, -0.25) is 4.79 Å². The summed E-state index contributed by atoms with van der Waals surface area (Å²) in [6.07, 6.45) is 1.73. The maximum Gasteiger partial charge on any atom is 0.341 e. The molecular weight excluding hydrogens is 336 g/mol. The molecule has 1 amide bonds. The van der Waals surface area contributed by atoms with Gasteiger partial charge in [0.2, 0.25) is 9.84 Å². The third-order valence-electron chi connectivity index (χ3n) is 4.02. The molecule has 1 heterocycles. The molecule has 4 nitrogen and oxygen atoms in total. The molecule has 0 N–H and O–H groups in total. The summed E-state index contributed by atoms with van der Waals surface area (Å²) in [5, 5.41) is 0. The highest BCUT2D eigenvalue weighted by molar-refractivity contribution is 7.91. The minimum Gasteiger partial charge on any atom is -0.308 e. The lowest BCUT2D eigenvalue weighted by Gasteiger charge is -2.29. The van der Waals surface area contributed by atoms with Gasteiger partial charge in [-0.25, -0.2) is 8.42 Å². The van der Waals surface area contributed by atoms with E-state index in [1.807, 2.05) is 24.3 Å². The van der Waals surface area contributed by atoms with E-state index in [1.165, 1.54) is 12.1 Å². The van der Waals surface area contributed by atoms with Crippen molar-refractivity contribution in [3.05, 3.63) is 59.7 Å². The molecule has 0 bridgehead atoms. The molecule has 0 atom stereocenters. The number of hydrogen-bond donors (Lipinski definition) is 0. The normalized spacial score (nSPS) is 14.5. The van der Waals surface area contributed by atoms with E-state index in [-0.39, 0.29) is 11.5 Å². The van der Waals surface area contributed by atoms with Gasteiger partial charge >= 0.3 is 5.76 Å². The predicted octanol–water partition coefficient (Wildman–Crippen LogP) is 3.28. The minimum absolute atomic E-state index is 0.264. The van der Waals surface area contributed by atoms with Crippen molar-refractivity contribution in [3.8, 4) is 0 Å². The fourth-order valence-electron chi connectivity index (χ4n) is 2.79. The number of carbonyl (C=O) groups is 1. The van der Waals surface area contributed by atoms with Crippen LogP contribution in [-0.2, 0) is 16.3 Å². The van der Waals surface area contributed by atoms with Crippen molar-refractivity contribution in [2.24, 2.45) is 0 Å². The van der Waals surface area contributed by atoms with Crippen molar-refractivity contribution in [2.75, 3.05) is 11.4 Å². The number of fused-ring (bicyclic) bond motifs is 1. The van der Waals surface area contributed by atoms with Crippen LogP contribution >= 0.6 is 0 Å². The molecule has 3 rings (SSSR count). The number of carbonyl (C=O) groups excluding carboxylic acids is 1. The molecule has 0 radical (unpaired) electrons. The summed E-state index contributed by atoms with van der Waals surface area (Å²) in [7, 11) is -4.65. The molecule has 2 aromatic carbocycles. The Morgan fingerprint density at radius 2 is 1.71 bits per heavy atom. The smallest absolute Gasteiger partial charge is 0.308 e. The third-order valence-corrected chi connectivity index (χ3v) is 5.42. The van der Waals surface area contributed by atoms with Gasteiger partial charge in [0.1, 0.15) is 0 Å². The first kappa shape index (κ1) is 16.6. The third kappa shape index (κ3) is 2.91. The van der Waals surface area contributed by atoms with Gasteiger partial charge in [-0.2, -0.15) is 8.78 Å². The first-order valence-corrected chi connectivity index (χ1v) is 8.98. The molecule has 0 fully saturated rings. The summed E-state index contributed by atoms with van der Waals surface area (Å²) in [6.45, 7) is 0.562. The van der Waals surface area contributed by atoms with E-state index >= 15 is 0 Å². The lowest BCUT2D eigenvalue weighted by Crippen LogP contribution is -2.35. The van der Waals surface area contributed by atoms with Gasteiger partial charge in [-0.1, -0.05) is 18.2 Å². The van der Waals surface area contributed by atoms with E-state index in [0.717, 1.165) is 36.2 Å². The summed E-state index contributed by atoms with van der Waals surface area (Å²) in [5.74, 6) is -3.75. The standard InChI is InChI=1S/C17H15F2NO3S/c18-17(19)24(22,23)14-9-7-13(8-10-14)16(21)20-11-3-5-12-4-1-2-6-15(12)20/h1-2,4,6-10,17H,3,5,11H2. The van der Waals surface area contributed by atoms with Crippen molar-refractivity contribution >= 4 is 21.4 Å². The highest BCUT2D eigenvalue weighted by Gasteiger charge is 2.27. The number of benzene rings is 2. The molecule has 126 valence electrons. The fraction of sp³-hybridized carbons (Fsp3) is 0.235. The molecule has 0 spiro atoms. The average molecular weight is 351 g/mol. The van der Waals surface area contributed by atoms with Gasteiger partial charge < -0.3 is 4.90 Å². The molecule has 1 aliphatic rings. The molecule has 2 aromatic rings. The lowest BCUT2D eigenvalue weighted by atomic mass is 10.0. The fourth-order valence-corrected chi connectivity index (χ4v) is 3.51. The van der Waals surface area contributed by atoms with Crippen LogP contribution in [0.1, 0.15) is 22.3 Å². The molecule has 0 unspecified atom stereocenters. The zero-order chi connectivity index (χ0) is 17.3. The number of halogens is 2. The van der Waals surface area contributed by atoms with Crippen LogP contribution in [0.4, 0.5) is 14.5 Å². The SMILES string of the molecule is O=C(c1ccc(S(=O)(=O)C(F)F)cc1)N1CCCc2ccccc21. The number of alkyl halides is 2. The first-order valence-electron chi connectivity index (χ1n) is 7.43. The van der Waals surface area contributed by atoms with Crippen LogP contribution in [0.3, 0.4) is 0 Å². The lowest BCUT2D eigenvalue weighted by molar-refractivity contribution is 0.0985. The van der Waals surface area contributed by atoms with Crippen LogP contribution in [0.2, 0.25) is 0 Å². The van der Waals surface area contributed by atoms with Crippen LogP contribution in [0.15, 0.2) is 53.4 Å². The van der Waals surface area contributed by atoms with E-state index < -0.39 is 20.5 Å². The second-order valence-electron chi connectivity index (χ2n) is 5.52. The zero-order valence-electron chi connectivity index (χ0n) is 12.7. The number of rotatable bonds is 3. The van der Waals surface area contributed by atoms with Gasteiger partial charge in [-0.15, -0.1) is 0 Å². The second-order valence-corrected chi connectivity index (χ2v) is 7.44. The Kier molecular flexibility index (Phi) is 4.36. The number of para-hydroxylation sites is 1. The van der Waals surface area contributed by atoms with Crippen molar-refractivity contribution in [2.45, 2.75) is 23.5 Å². The molecule has 0 saturated heterocycles. The number of anilines is 1. The Morgan fingerprint density at radius 3 is 2.38 bits per heavy atom. The van der Waals surface area contributed by atoms with E-state index in [2.05, 4.69) is 0 Å². The van der Waals surface area contributed by atoms with E-state index in [0.29, 0.717) is 6.54 Å². The highest BCUT2D eigenvalue weighted by Crippen LogP contribution is 2.28. The number of hydrogen-bond acceptors (Lipinski definition) is 3. The van der Waals surface area contributed by atoms with Crippen molar-refractivity contribution < 1.29 is 22.0 Å². The van der Waals surface area contributed by atoms with Gasteiger partial charge in [0.15, 0.2) is 0 Å². The Balaban J connectivity index is 1.90. The Labute approximate surface area is 138 Å². The molecule has 1 aliphatic heterocycles.